The van der Waals surface area contributed by atoms with Crippen molar-refractivity contribution in [2.24, 2.45) is 0 Å². The summed E-state index contributed by atoms with van der Waals surface area (Å²) < 4.78 is 1.26. The minimum atomic E-state index is -0.359. The topological polar surface area (TPSA) is 84.2 Å². The molecule has 1 aromatic heterocycles. The Morgan fingerprint density at radius 3 is 2.68 bits per heavy atom. The third-order valence-electron chi connectivity index (χ3n) is 3.21. The standard InChI is InChI=1S/C16H19N3O3/c1-12(9-10-20)17-16(22)14-7-8-15(21)19(18-14)11-13-5-3-2-4-6-13/h2-8,12,20H,9-11H2,1H3,(H,17,22). The molecule has 0 spiro atoms. The molecule has 0 aliphatic rings. The molecular weight excluding hydrogens is 282 g/mol. The lowest BCUT2D eigenvalue weighted by Gasteiger charge is -2.12. The predicted octanol–water partition coefficient (Wildman–Crippen LogP) is 0.792. The normalized spacial score (nSPS) is 11.9. The Balaban J connectivity index is 2.16. The molecule has 1 aromatic carbocycles. The van der Waals surface area contributed by atoms with Crippen LogP contribution in [-0.4, -0.2) is 33.4 Å². The van der Waals surface area contributed by atoms with Gasteiger partial charge in [-0.25, -0.2) is 4.68 Å². The van der Waals surface area contributed by atoms with Gasteiger partial charge in [-0.3, -0.25) is 9.59 Å². The van der Waals surface area contributed by atoms with Crippen LogP contribution in [0.3, 0.4) is 0 Å². The van der Waals surface area contributed by atoms with Crippen molar-refractivity contribution < 1.29 is 9.90 Å². The van der Waals surface area contributed by atoms with Gasteiger partial charge in [0.25, 0.3) is 11.5 Å². The van der Waals surface area contributed by atoms with E-state index in [2.05, 4.69) is 10.4 Å². The van der Waals surface area contributed by atoms with Gasteiger partial charge in [0.1, 0.15) is 5.69 Å². The fourth-order valence-corrected chi connectivity index (χ4v) is 2.00. The Morgan fingerprint density at radius 2 is 2.00 bits per heavy atom. The summed E-state index contributed by atoms with van der Waals surface area (Å²) in [6, 6.07) is 12.0. The van der Waals surface area contributed by atoms with Crippen LogP contribution >= 0.6 is 0 Å². The van der Waals surface area contributed by atoms with Crippen LogP contribution in [0.1, 0.15) is 29.4 Å². The van der Waals surface area contributed by atoms with Crippen molar-refractivity contribution in [3.05, 3.63) is 64.1 Å². The van der Waals surface area contributed by atoms with Crippen LogP contribution in [0.2, 0.25) is 0 Å². The van der Waals surface area contributed by atoms with Crippen LogP contribution in [-0.2, 0) is 6.54 Å². The number of hydrogen-bond acceptors (Lipinski definition) is 4. The van der Waals surface area contributed by atoms with Gasteiger partial charge in [-0.1, -0.05) is 30.3 Å². The van der Waals surface area contributed by atoms with Crippen LogP contribution in [0.15, 0.2) is 47.3 Å². The van der Waals surface area contributed by atoms with E-state index in [-0.39, 0.29) is 29.8 Å². The lowest BCUT2D eigenvalue weighted by Crippen LogP contribution is -2.35. The molecule has 1 amide bonds. The van der Waals surface area contributed by atoms with E-state index in [1.54, 1.807) is 6.92 Å². The molecule has 0 radical (unpaired) electrons. The average molecular weight is 301 g/mol. The number of aliphatic hydroxyl groups is 1. The average Bonchev–Trinajstić information content (AvgIpc) is 2.50. The van der Waals surface area contributed by atoms with Crippen molar-refractivity contribution in [2.75, 3.05) is 6.61 Å². The number of amides is 1. The van der Waals surface area contributed by atoms with E-state index in [9.17, 15) is 9.59 Å². The molecule has 1 heterocycles. The highest BCUT2D eigenvalue weighted by Gasteiger charge is 2.12. The largest absolute Gasteiger partial charge is 0.396 e. The molecule has 0 fully saturated rings. The Hall–Kier alpha value is -2.47. The van der Waals surface area contributed by atoms with Crippen molar-refractivity contribution in [1.29, 1.82) is 0 Å². The van der Waals surface area contributed by atoms with Gasteiger partial charge < -0.3 is 10.4 Å². The van der Waals surface area contributed by atoms with E-state index >= 15 is 0 Å². The van der Waals surface area contributed by atoms with Crippen LogP contribution in [0.5, 0.6) is 0 Å². The van der Waals surface area contributed by atoms with Crippen molar-refractivity contribution in [2.45, 2.75) is 25.9 Å². The van der Waals surface area contributed by atoms with Crippen molar-refractivity contribution >= 4 is 5.91 Å². The van der Waals surface area contributed by atoms with E-state index in [1.165, 1.54) is 16.8 Å². The molecule has 0 saturated carbocycles. The maximum Gasteiger partial charge on any atom is 0.271 e. The molecular formula is C16H19N3O3. The predicted molar refractivity (Wildman–Crippen MR) is 82.7 cm³/mol. The zero-order valence-corrected chi connectivity index (χ0v) is 12.4. The molecule has 0 bridgehead atoms. The first-order valence-electron chi connectivity index (χ1n) is 7.14. The summed E-state index contributed by atoms with van der Waals surface area (Å²) in [7, 11) is 0. The molecule has 2 aromatic rings. The maximum absolute atomic E-state index is 12.1. The quantitative estimate of drug-likeness (QED) is 0.826. The molecule has 116 valence electrons. The summed E-state index contributed by atoms with van der Waals surface area (Å²) in [6.45, 7) is 2.11. The van der Waals surface area contributed by atoms with Gasteiger partial charge in [0.15, 0.2) is 0 Å². The highest BCUT2D eigenvalue weighted by molar-refractivity contribution is 5.92. The molecule has 6 heteroatoms. The summed E-state index contributed by atoms with van der Waals surface area (Å²) in [6.07, 6.45) is 0.468. The summed E-state index contributed by atoms with van der Waals surface area (Å²) in [5, 5.41) is 15.7. The maximum atomic E-state index is 12.1. The van der Waals surface area contributed by atoms with Crippen molar-refractivity contribution in [3.63, 3.8) is 0 Å². The Kier molecular flexibility index (Phi) is 5.43. The molecule has 1 unspecified atom stereocenters. The van der Waals surface area contributed by atoms with Crippen LogP contribution in [0.4, 0.5) is 0 Å². The number of nitrogens with zero attached hydrogens (tertiary/aromatic N) is 2. The second kappa shape index (κ2) is 7.51. The SMILES string of the molecule is CC(CCO)NC(=O)c1ccc(=O)n(Cc2ccccc2)n1. The molecule has 22 heavy (non-hydrogen) atoms. The van der Waals surface area contributed by atoms with E-state index in [0.717, 1.165) is 5.56 Å². The first kappa shape index (κ1) is 15.9. The van der Waals surface area contributed by atoms with Crippen LogP contribution < -0.4 is 10.9 Å². The zero-order chi connectivity index (χ0) is 15.9. The Morgan fingerprint density at radius 1 is 1.27 bits per heavy atom. The molecule has 0 aliphatic heterocycles. The van der Waals surface area contributed by atoms with Gasteiger partial charge in [0, 0.05) is 18.7 Å². The van der Waals surface area contributed by atoms with E-state index < -0.39 is 0 Å². The molecule has 0 aliphatic carbocycles. The third kappa shape index (κ3) is 4.26. The summed E-state index contributed by atoms with van der Waals surface area (Å²) in [5.74, 6) is -0.359. The number of rotatable bonds is 6. The third-order valence-corrected chi connectivity index (χ3v) is 3.21. The first-order valence-corrected chi connectivity index (χ1v) is 7.14. The molecule has 2 rings (SSSR count). The monoisotopic (exact) mass is 301 g/mol. The molecule has 1 atom stereocenters. The zero-order valence-electron chi connectivity index (χ0n) is 12.4. The molecule has 0 saturated heterocycles. The first-order chi connectivity index (χ1) is 10.6. The van der Waals surface area contributed by atoms with Crippen LogP contribution in [0.25, 0.3) is 0 Å². The lowest BCUT2D eigenvalue weighted by atomic mass is 10.2. The van der Waals surface area contributed by atoms with Crippen molar-refractivity contribution in [3.8, 4) is 0 Å². The second-order valence-corrected chi connectivity index (χ2v) is 5.09. The second-order valence-electron chi connectivity index (χ2n) is 5.09. The number of aliphatic hydroxyl groups excluding tert-OH is 1. The van der Waals surface area contributed by atoms with Gasteiger partial charge in [-0.15, -0.1) is 0 Å². The van der Waals surface area contributed by atoms with Gasteiger partial charge in [0.2, 0.25) is 0 Å². The minimum Gasteiger partial charge on any atom is -0.396 e. The molecule has 6 nitrogen and oxygen atoms in total. The van der Waals surface area contributed by atoms with Gasteiger partial charge in [-0.05, 0) is 25.0 Å². The minimum absolute atomic E-state index is 0.00236. The summed E-state index contributed by atoms with van der Waals surface area (Å²) in [4.78, 5) is 23.9. The van der Waals surface area contributed by atoms with E-state index in [0.29, 0.717) is 13.0 Å². The van der Waals surface area contributed by atoms with E-state index in [4.69, 9.17) is 5.11 Å². The Bertz CT molecular complexity index is 683. The highest BCUT2D eigenvalue weighted by atomic mass is 16.3. The number of carbonyl (C=O) groups excluding carboxylic acids is 1. The smallest absolute Gasteiger partial charge is 0.271 e. The number of hydrogen-bond donors (Lipinski definition) is 2. The number of benzene rings is 1. The van der Waals surface area contributed by atoms with E-state index in [1.807, 2.05) is 30.3 Å². The van der Waals surface area contributed by atoms with Gasteiger partial charge >= 0.3 is 0 Å². The number of carbonyl (C=O) groups is 1. The van der Waals surface area contributed by atoms with Crippen LogP contribution in [0, 0.1) is 0 Å². The number of aromatic nitrogens is 2. The fraction of sp³-hybridized carbons (Fsp3) is 0.312. The van der Waals surface area contributed by atoms with Gasteiger partial charge in [-0.2, -0.15) is 5.10 Å². The highest BCUT2D eigenvalue weighted by Crippen LogP contribution is 2.01. The van der Waals surface area contributed by atoms with Gasteiger partial charge in [0.05, 0.1) is 6.54 Å². The lowest BCUT2D eigenvalue weighted by molar-refractivity contribution is 0.0927. The summed E-state index contributed by atoms with van der Waals surface area (Å²) >= 11 is 0. The fourth-order valence-electron chi connectivity index (χ4n) is 2.00. The molecule has 2 N–H and O–H groups in total. The van der Waals surface area contributed by atoms with Crippen molar-refractivity contribution in [1.82, 2.24) is 15.1 Å². The Labute approximate surface area is 128 Å². The summed E-state index contributed by atoms with van der Waals surface area (Å²) in [5.41, 5.74) is 0.854. The number of nitrogens with one attached hydrogen (secondary N) is 1.